The second-order valence-electron chi connectivity index (χ2n) is 10.00. The van der Waals surface area contributed by atoms with E-state index in [9.17, 15) is 9.59 Å². The van der Waals surface area contributed by atoms with E-state index in [0.29, 0.717) is 32.2 Å². The summed E-state index contributed by atoms with van der Waals surface area (Å²) in [6.07, 6.45) is 0.281. The minimum absolute atomic E-state index is 0.0130. The van der Waals surface area contributed by atoms with Crippen molar-refractivity contribution in [3.05, 3.63) is 59.7 Å². The molecule has 32 heavy (non-hydrogen) atoms. The molecule has 2 aliphatic heterocycles. The molecule has 2 aromatic rings. The summed E-state index contributed by atoms with van der Waals surface area (Å²) in [7, 11) is 0. The predicted octanol–water partition coefficient (Wildman–Crippen LogP) is 4.88. The zero-order valence-corrected chi connectivity index (χ0v) is 18.9. The van der Waals surface area contributed by atoms with Gasteiger partial charge in [0.05, 0.1) is 6.04 Å². The van der Waals surface area contributed by atoms with Gasteiger partial charge < -0.3 is 19.3 Å². The molecule has 168 valence electrons. The van der Waals surface area contributed by atoms with Crippen molar-refractivity contribution >= 4 is 12.2 Å². The standard InChI is InChI=1S/C26H30N2O4/c1-26(2,3)32-25(30)28-14-17-12-13-27(15-23(17)28)24(29)31-16-22-20-10-6-4-8-18(20)19-9-5-7-11-21(19)22/h4-11,17,22-23H,12-16H2,1-3H3/t17-,23-/m0/s1. The van der Waals surface area contributed by atoms with Crippen LogP contribution in [0.4, 0.5) is 9.59 Å². The number of rotatable bonds is 2. The van der Waals surface area contributed by atoms with Gasteiger partial charge >= 0.3 is 12.2 Å². The van der Waals surface area contributed by atoms with E-state index in [4.69, 9.17) is 9.47 Å². The number of hydrogen-bond acceptors (Lipinski definition) is 4. The fourth-order valence-electron chi connectivity index (χ4n) is 5.18. The molecule has 0 aromatic heterocycles. The molecule has 0 unspecified atom stereocenters. The van der Waals surface area contributed by atoms with Gasteiger partial charge in [0.25, 0.3) is 0 Å². The molecule has 2 saturated heterocycles. The number of nitrogens with zero attached hydrogens (tertiary/aromatic N) is 2. The van der Waals surface area contributed by atoms with Gasteiger partial charge in [-0.2, -0.15) is 0 Å². The Bertz CT molecular complexity index is 999. The van der Waals surface area contributed by atoms with Crippen LogP contribution in [-0.2, 0) is 9.47 Å². The van der Waals surface area contributed by atoms with E-state index < -0.39 is 5.60 Å². The number of carbonyl (C=O) groups is 2. The van der Waals surface area contributed by atoms with Crippen LogP contribution in [0.3, 0.4) is 0 Å². The summed E-state index contributed by atoms with van der Waals surface area (Å²) in [5.41, 5.74) is 4.31. The first kappa shape index (κ1) is 20.9. The SMILES string of the molecule is CC(C)(C)OC(=O)N1C[C@@H]2CCN(C(=O)OCC3c4ccccc4-c4ccccc43)C[C@@H]21. The largest absolute Gasteiger partial charge is 0.448 e. The Morgan fingerprint density at radius 2 is 1.56 bits per heavy atom. The van der Waals surface area contributed by atoms with Gasteiger partial charge in [-0.15, -0.1) is 0 Å². The van der Waals surface area contributed by atoms with E-state index in [1.165, 1.54) is 22.3 Å². The zero-order chi connectivity index (χ0) is 22.5. The first-order valence-corrected chi connectivity index (χ1v) is 11.4. The number of hydrogen-bond donors (Lipinski definition) is 0. The molecule has 0 radical (unpaired) electrons. The van der Waals surface area contributed by atoms with Crippen molar-refractivity contribution in [3.63, 3.8) is 0 Å². The van der Waals surface area contributed by atoms with Crippen molar-refractivity contribution < 1.29 is 19.1 Å². The maximum Gasteiger partial charge on any atom is 0.410 e. The monoisotopic (exact) mass is 434 g/mol. The lowest BCUT2D eigenvalue weighted by atomic mass is 9.83. The topological polar surface area (TPSA) is 59.1 Å². The maximum absolute atomic E-state index is 12.9. The van der Waals surface area contributed by atoms with Gasteiger partial charge in [0.2, 0.25) is 0 Å². The molecule has 0 spiro atoms. The fourth-order valence-corrected chi connectivity index (χ4v) is 5.18. The van der Waals surface area contributed by atoms with E-state index in [1.807, 2.05) is 45.0 Å². The van der Waals surface area contributed by atoms with Crippen molar-refractivity contribution in [1.82, 2.24) is 9.80 Å². The highest BCUT2D eigenvalue weighted by atomic mass is 16.6. The van der Waals surface area contributed by atoms with Crippen molar-refractivity contribution in [2.45, 2.75) is 44.8 Å². The second-order valence-corrected chi connectivity index (χ2v) is 10.00. The van der Waals surface area contributed by atoms with Gasteiger partial charge in [0.1, 0.15) is 12.2 Å². The molecule has 2 amide bonds. The van der Waals surface area contributed by atoms with Crippen molar-refractivity contribution in [2.75, 3.05) is 26.2 Å². The molecule has 0 N–H and O–H groups in total. The highest BCUT2D eigenvalue weighted by Crippen LogP contribution is 2.44. The molecule has 6 nitrogen and oxygen atoms in total. The molecule has 6 heteroatoms. The van der Waals surface area contributed by atoms with Crippen LogP contribution in [0, 0.1) is 5.92 Å². The number of benzene rings is 2. The maximum atomic E-state index is 12.9. The highest BCUT2D eigenvalue weighted by Gasteiger charge is 2.47. The van der Waals surface area contributed by atoms with E-state index in [2.05, 4.69) is 24.3 Å². The molecular formula is C26H30N2O4. The molecular weight excluding hydrogens is 404 g/mol. The molecule has 5 rings (SSSR count). The summed E-state index contributed by atoms with van der Waals surface area (Å²) in [5.74, 6) is 0.478. The quantitative estimate of drug-likeness (QED) is 0.676. The summed E-state index contributed by atoms with van der Waals surface area (Å²) < 4.78 is 11.3. The van der Waals surface area contributed by atoms with Gasteiger partial charge in [-0.1, -0.05) is 48.5 Å². The van der Waals surface area contributed by atoms with Crippen LogP contribution in [0.25, 0.3) is 11.1 Å². The molecule has 3 aliphatic rings. The predicted molar refractivity (Wildman–Crippen MR) is 121 cm³/mol. The first-order valence-electron chi connectivity index (χ1n) is 11.4. The Kier molecular flexibility index (Phi) is 5.11. The lowest BCUT2D eigenvalue weighted by Crippen LogP contribution is -2.66. The molecule has 1 aliphatic carbocycles. The zero-order valence-electron chi connectivity index (χ0n) is 18.9. The minimum atomic E-state index is -0.524. The van der Waals surface area contributed by atoms with Crippen LogP contribution in [0.5, 0.6) is 0 Å². The van der Waals surface area contributed by atoms with Crippen LogP contribution in [0.2, 0.25) is 0 Å². The van der Waals surface area contributed by atoms with Gasteiger partial charge in [0, 0.05) is 31.5 Å². The summed E-state index contributed by atoms with van der Waals surface area (Å²) in [6, 6.07) is 16.7. The molecule has 0 bridgehead atoms. The normalized spacial score (nSPS) is 21.8. The lowest BCUT2D eigenvalue weighted by Gasteiger charge is -2.52. The van der Waals surface area contributed by atoms with Crippen molar-refractivity contribution in [2.24, 2.45) is 5.92 Å². The van der Waals surface area contributed by atoms with Crippen LogP contribution in [0.15, 0.2) is 48.5 Å². The van der Waals surface area contributed by atoms with E-state index >= 15 is 0 Å². The summed E-state index contributed by atoms with van der Waals surface area (Å²) in [5, 5.41) is 0. The van der Waals surface area contributed by atoms with E-state index in [0.717, 1.165) is 6.42 Å². The number of likely N-dealkylation sites (tertiary alicyclic amines) is 2. The third-order valence-electron chi connectivity index (χ3n) is 6.78. The Morgan fingerprint density at radius 1 is 0.938 bits per heavy atom. The second kappa shape index (κ2) is 7.84. The Labute approximate surface area is 189 Å². The average molecular weight is 435 g/mol. The Hall–Kier alpha value is -3.02. The van der Waals surface area contributed by atoms with Gasteiger partial charge in [-0.3, -0.25) is 0 Å². The number of ether oxygens (including phenoxy) is 2. The molecule has 0 saturated carbocycles. The number of amides is 2. The summed E-state index contributed by atoms with van der Waals surface area (Å²) in [4.78, 5) is 28.9. The van der Waals surface area contributed by atoms with Crippen LogP contribution in [-0.4, -0.2) is 59.9 Å². The molecule has 2 heterocycles. The Morgan fingerprint density at radius 3 is 2.19 bits per heavy atom. The molecule has 2 atom stereocenters. The lowest BCUT2D eigenvalue weighted by molar-refractivity contribution is -0.0572. The minimum Gasteiger partial charge on any atom is -0.448 e. The van der Waals surface area contributed by atoms with Crippen LogP contribution >= 0.6 is 0 Å². The third kappa shape index (κ3) is 3.72. The van der Waals surface area contributed by atoms with Gasteiger partial charge in [-0.25, -0.2) is 9.59 Å². The van der Waals surface area contributed by atoms with Crippen molar-refractivity contribution in [3.8, 4) is 11.1 Å². The summed E-state index contributed by atoms with van der Waals surface area (Å²) in [6.45, 7) is 7.79. The first-order chi connectivity index (χ1) is 15.3. The molecule has 2 fully saturated rings. The van der Waals surface area contributed by atoms with Gasteiger partial charge in [-0.05, 0) is 49.4 Å². The molecule has 2 aromatic carbocycles. The van der Waals surface area contributed by atoms with Crippen LogP contribution in [0.1, 0.15) is 44.2 Å². The highest BCUT2D eigenvalue weighted by molar-refractivity contribution is 5.79. The Balaban J connectivity index is 1.22. The number of carbonyl (C=O) groups excluding carboxylic acids is 2. The number of fused-ring (bicyclic) bond motifs is 4. The number of piperidine rings is 1. The fraction of sp³-hybridized carbons (Fsp3) is 0.462. The van der Waals surface area contributed by atoms with Crippen LogP contribution < -0.4 is 0 Å². The third-order valence-corrected chi connectivity index (χ3v) is 6.78. The average Bonchev–Trinajstić information content (AvgIpc) is 3.05. The van der Waals surface area contributed by atoms with Crippen molar-refractivity contribution in [1.29, 1.82) is 0 Å². The van der Waals surface area contributed by atoms with E-state index in [1.54, 1.807) is 9.80 Å². The smallest absolute Gasteiger partial charge is 0.410 e. The van der Waals surface area contributed by atoms with E-state index in [-0.39, 0.29) is 24.1 Å². The van der Waals surface area contributed by atoms with Gasteiger partial charge in [0.15, 0.2) is 0 Å². The summed E-state index contributed by atoms with van der Waals surface area (Å²) >= 11 is 0.